The van der Waals surface area contributed by atoms with Gasteiger partial charge < -0.3 is 22.1 Å². The van der Waals surface area contributed by atoms with Gasteiger partial charge in [0, 0.05) is 80.6 Å². The van der Waals surface area contributed by atoms with Gasteiger partial charge in [0.15, 0.2) is 5.58 Å². The quantitative estimate of drug-likeness (QED) is 0.151. The van der Waals surface area contributed by atoms with Crippen LogP contribution in [0.25, 0.3) is 183 Å². The first kappa shape index (κ1) is 68.0. The molecule has 5 heterocycles. The summed E-state index contributed by atoms with van der Waals surface area (Å²) in [6, 6.07) is 107. The Morgan fingerprint density at radius 2 is 0.793 bits per heavy atom. The molecule has 0 N–H and O–H groups in total. The molecule has 9 heteroatoms. The van der Waals surface area contributed by atoms with E-state index in [0.717, 1.165) is 156 Å². The molecule has 1 aliphatic rings. The minimum Gasteiger partial charge on any atom is -0.460 e. The summed E-state index contributed by atoms with van der Waals surface area (Å²) in [4.78, 5) is 0. The zero-order valence-electron chi connectivity index (χ0n) is 67.5. The van der Waals surface area contributed by atoms with Crippen LogP contribution in [0.15, 0.2) is 362 Å². The van der Waals surface area contributed by atoms with Crippen molar-refractivity contribution < 1.29 is 27.6 Å². The maximum Gasteiger partial charge on any atom is 0.153 e. The second-order valence-electron chi connectivity index (χ2n) is 29.7. The smallest absolute Gasteiger partial charge is 0.153 e. The van der Waals surface area contributed by atoms with E-state index in [9.17, 15) is 5.26 Å². The highest BCUT2D eigenvalue weighted by atomic mass is 35.5. The molecule has 0 saturated carbocycles. The molecule has 1 atom stereocenters. The van der Waals surface area contributed by atoms with E-state index in [2.05, 4.69) is 203 Å². The third-order valence-corrected chi connectivity index (χ3v) is 22.4. The number of fused-ring (bicyclic) bond motifs is 15. The van der Waals surface area contributed by atoms with Crippen molar-refractivity contribution in [1.82, 2.24) is 0 Å². The molecule has 0 bridgehead atoms. The fourth-order valence-electron chi connectivity index (χ4n) is 16.3. The highest BCUT2D eigenvalue weighted by molar-refractivity contribution is 6.32. The summed E-state index contributed by atoms with van der Waals surface area (Å²) in [7, 11) is 0. The van der Waals surface area contributed by atoms with Crippen molar-refractivity contribution >= 4 is 140 Å². The van der Waals surface area contributed by atoms with Crippen LogP contribution in [-0.4, -0.2) is 0 Å². The number of nitrogens with zero attached hydrogens (tertiary/aromatic N) is 1. The van der Waals surface area contributed by atoms with Crippen molar-refractivity contribution in [3.8, 4) is 84.0 Å². The number of aryl methyl sites for hydroxylation is 4. The van der Waals surface area contributed by atoms with Crippen molar-refractivity contribution in [2.75, 3.05) is 0 Å². The lowest BCUT2D eigenvalue weighted by atomic mass is 9.84. The Morgan fingerprint density at radius 1 is 0.319 bits per heavy atom. The Bertz CT molecular complexity index is 7610. The normalized spacial score (nSPS) is 12.9. The number of rotatable bonds is 8. The van der Waals surface area contributed by atoms with E-state index in [-0.39, 0.29) is 35.7 Å². The highest BCUT2D eigenvalue weighted by Gasteiger charge is 2.27. The Morgan fingerprint density at radius 3 is 1.48 bits per heavy atom. The second kappa shape index (κ2) is 30.7. The summed E-state index contributed by atoms with van der Waals surface area (Å²) in [5.41, 5.74) is 29.7. The number of furan rings is 5. The Hall–Kier alpha value is -13.6. The Kier molecular flexibility index (Phi) is 18.0. The lowest BCUT2D eigenvalue weighted by Gasteiger charge is -2.19. The van der Waals surface area contributed by atoms with Crippen molar-refractivity contribution in [3.63, 3.8) is 0 Å². The fourth-order valence-corrected chi connectivity index (χ4v) is 17.1. The SMILES string of the molecule is Cc1ccc(-c2cc(C)cc(-c3cccc4oc5ccccc5c34)c2)cc1.Clc1cc(-c2ccc3c(c2)oc2ccccc23)cc(-c2ccc3c(c2)oc2ccccc23)c1.N#Cc1cccc2c1oc1c(-c3cccc(-c4cccc(Cl)c4)c3)cccc12.[2H]c1c([2H])c([2H])c2c3c(oc2c1[2H])C(c1cc(C)cc(-c2cc(C)cc(Cl)c2)c1)CC=C3. The van der Waals surface area contributed by atoms with E-state index < -0.39 is 0 Å². The fraction of sp³-hybridized carbons (Fsp3) is 0.0561. The van der Waals surface area contributed by atoms with Gasteiger partial charge in [-0.15, -0.1) is 0 Å². The Labute approximate surface area is 691 Å². The van der Waals surface area contributed by atoms with E-state index in [1.807, 2.05) is 146 Å². The van der Waals surface area contributed by atoms with Gasteiger partial charge in [0.1, 0.15) is 56.5 Å². The van der Waals surface area contributed by atoms with Crippen LogP contribution in [0.1, 0.15) is 62.5 Å². The van der Waals surface area contributed by atoms with Gasteiger partial charge in [-0.25, -0.2) is 0 Å². The average Bonchev–Trinajstić information content (AvgIpc) is 1.58. The first-order chi connectivity index (χ1) is 58.4. The lowest BCUT2D eigenvalue weighted by Crippen LogP contribution is -2.04. The van der Waals surface area contributed by atoms with Gasteiger partial charge in [-0.1, -0.05) is 276 Å². The van der Waals surface area contributed by atoms with Crippen LogP contribution in [0.4, 0.5) is 0 Å². The minimum atomic E-state index is -0.275. The zero-order chi connectivity index (χ0) is 82.1. The van der Waals surface area contributed by atoms with Crippen LogP contribution in [0.5, 0.6) is 0 Å². The number of halogens is 3. The molecule has 16 aromatic carbocycles. The van der Waals surface area contributed by atoms with Gasteiger partial charge in [-0.05, 0) is 238 Å². The van der Waals surface area contributed by atoms with Gasteiger partial charge >= 0.3 is 0 Å². The van der Waals surface area contributed by atoms with Crippen molar-refractivity contribution in [3.05, 3.63) is 399 Å². The van der Waals surface area contributed by atoms with Crippen molar-refractivity contribution in [2.24, 2.45) is 0 Å². The molecule has 0 fully saturated rings. The molecule has 6 nitrogen and oxygen atoms in total. The molecule has 0 spiro atoms. The first-order valence-corrected chi connectivity index (χ1v) is 39.6. The van der Waals surface area contributed by atoms with E-state index in [0.29, 0.717) is 37.4 Å². The average molecular weight is 1560 g/mol. The number of hydrogen-bond acceptors (Lipinski definition) is 6. The number of allylic oxidation sites excluding steroid dienone is 1. The Balaban J connectivity index is 0.000000106. The van der Waals surface area contributed by atoms with Gasteiger partial charge in [0.2, 0.25) is 0 Å². The van der Waals surface area contributed by atoms with E-state index >= 15 is 0 Å². The van der Waals surface area contributed by atoms with Gasteiger partial charge in [0.05, 0.1) is 11.0 Å². The third-order valence-electron chi connectivity index (χ3n) is 21.7. The third kappa shape index (κ3) is 14.2. The second-order valence-corrected chi connectivity index (χ2v) is 31.0. The molecular formula is C107H72Cl3NO5. The monoisotopic (exact) mass is 1560 g/mol. The summed E-state index contributed by atoms with van der Waals surface area (Å²) >= 11 is 19.0. The summed E-state index contributed by atoms with van der Waals surface area (Å²) < 4.78 is 63.3. The summed E-state index contributed by atoms with van der Waals surface area (Å²) in [5, 5.41) is 20.8. The van der Waals surface area contributed by atoms with Crippen LogP contribution < -0.4 is 0 Å². The number of nitriles is 1. The van der Waals surface area contributed by atoms with Gasteiger partial charge in [-0.3, -0.25) is 0 Å². The molecule has 21 aromatic rings. The molecule has 0 radical (unpaired) electrons. The maximum absolute atomic E-state index is 9.41. The first-order valence-electron chi connectivity index (χ1n) is 40.4. The minimum absolute atomic E-state index is 0.0596. The summed E-state index contributed by atoms with van der Waals surface area (Å²) in [6.07, 6.45) is 4.69. The largest absolute Gasteiger partial charge is 0.460 e. The van der Waals surface area contributed by atoms with Gasteiger partial charge in [0.25, 0.3) is 0 Å². The molecule has 22 rings (SSSR count). The highest BCUT2D eigenvalue weighted by Crippen LogP contribution is 2.45. The van der Waals surface area contributed by atoms with Crippen molar-refractivity contribution in [2.45, 2.75) is 40.0 Å². The number of hydrogen-bond donors (Lipinski definition) is 0. The molecule has 116 heavy (non-hydrogen) atoms. The number of benzene rings is 16. The molecule has 556 valence electrons. The molecule has 0 amide bonds. The molecule has 1 unspecified atom stereocenters. The van der Waals surface area contributed by atoms with Crippen LogP contribution >= 0.6 is 34.8 Å². The molecule has 0 aliphatic heterocycles. The molecular weight excluding hydrogens is 1490 g/mol. The standard InChI is InChI=1S/C30H17ClO2.C26H21ClO.C26H20O.C25H14ClNO/c31-22-14-20(18-9-11-25-23-5-1-3-7-27(23)32-29(25)16-18)13-21(15-22)19-10-12-26-24-6-2-4-8-28(24)33-30(26)17-19;1-16-10-18(19-11-17(2)13-21(27)15-19)14-20(12-16)22-7-5-8-24-23-6-3-4-9-25(23)28-26(22)24;1-17-10-12-19(13-11-17)20-14-18(2)15-21(16-20)22-7-5-9-25-26(22)23-6-3-4-8-24(23)27-25;26-20-9-2-6-17(14-20)16-5-1-7-18(13-16)21-10-4-12-23-22-11-3-8-19(15-27)24(22)28-25(21)23/h1-17H;3-6,8-15,22H,7H2,1-2H3;3-16H,1-2H3;1-14H/i;3D,4D,6D,9D;;. The topological polar surface area (TPSA) is 89.5 Å². The maximum atomic E-state index is 9.41. The molecule has 0 saturated heterocycles. The van der Waals surface area contributed by atoms with Crippen LogP contribution in [0.3, 0.4) is 0 Å². The van der Waals surface area contributed by atoms with Crippen LogP contribution in [-0.2, 0) is 0 Å². The zero-order valence-corrected chi connectivity index (χ0v) is 65.8. The van der Waals surface area contributed by atoms with E-state index in [1.165, 1.54) is 44.2 Å². The predicted octanol–water partition coefficient (Wildman–Crippen LogP) is 32.4. The van der Waals surface area contributed by atoms with Gasteiger partial charge in [-0.2, -0.15) is 5.26 Å². The van der Waals surface area contributed by atoms with E-state index in [1.54, 1.807) is 6.07 Å². The lowest BCUT2D eigenvalue weighted by molar-refractivity contribution is 0.516. The predicted molar refractivity (Wildman–Crippen MR) is 483 cm³/mol. The van der Waals surface area contributed by atoms with E-state index in [4.69, 9.17) is 62.4 Å². The summed E-state index contributed by atoms with van der Waals surface area (Å²) in [6.45, 7) is 8.37. The number of para-hydroxylation sites is 6. The summed E-state index contributed by atoms with van der Waals surface area (Å²) in [5.74, 6) is 0.608. The van der Waals surface area contributed by atoms with Crippen molar-refractivity contribution in [1.29, 1.82) is 5.26 Å². The molecule has 5 aromatic heterocycles. The molecule has 1 aliphatic carbocycles. The van der Waals surface area contributed by atoms with Crippen LogP contribution in [0, 0.1) is 39.0 Å². The van der Waals surface area contributed by atoms with Crippen LogP contribution in [0.2, 0.25) is 15.1 Å².